The summed E-state index contributed by atoms with van der Waals surface area (Å²) in [6.07, 6.45) is -3.46. The molecule has 2 rings (SSSR count). The number of aromatic nitrogens is 2. The molecule has 0 aromatic carbocycles. The largest absolute Gasteiger partial charge is 0.435 e. The minimum atomic E-state index is -4.42. The van der Waals surface area contributed by atoms with Crippen LogP contribution in [-0.2, 0) is 6.18 Å². The van der Waals surface area contributed by atoms with E-state index in [0.717, 1.165) is 25.6 Å². The first-order valence-corrected chi connectivity index (χ1v) is 5.68. The van der Waals surface area contributed by atoms with Crippen LogP contribution in [0.2, 0.25) is 0 Å². The fraction of sp³-hybridized carbons (Fsp3) is 0.556. The van der Waals surface area contributed by atoms with E-state index in [0.29, 0.717) is 10.6 Å². The van der Waals surface area contributed by atoms with Crippen LogP contribution in [0.15, 0.2) is 12.1 Å². The third-order valence-corrected chi connectivity index (χ3v) is 3.14. The quantitative estimate of drug-likeness (QED) is 0.746. The zero-order valence-electron chi connectivity index (χ0n) is 8.21. The van der Waals surface area contributed by atoms with Crippen LogP contribution in [0.1, 0.15) is 12.1 Å². The average molecular weight is 296 g/mol. The first-order valence-electron chi connectivity index (χ1n) is 4.77. The minimum Gasteiger partial charge on any atom is -0.354 e. The molecule has 1 saturated heterocycles. The van der Waals surface area contributed by atoms with Crippen LogP contribution in [0.3, 0.4) is 0 Å². The first kappa shape index (κ1) is 11.6. The van der Waals surface area contributed by atoms with Gasteiger partial charge in [0.05, 0.1) is 0 Å². The van der Waals surface area contributed by atoms with Gasteiger partial charge in [-0.15, -0.1) is 10.2 Å². The highest BCUT2D eigenvalue weighted by Gasteiger charge is 2.33. The maximum Gasteiger partial charge on any atom is 0.435 e. The van der Waals surface area contributed by atoms with E-state index in [-0.39, 0.29) is 0 Å². The predicted octanol–water partition coefficient (Wildman–Crippen LogP) is 2.47. The van der Waals surface area contributed by atoms with Gasteiger partial charge in [-0.25, -0.2) is 0 Å². The smallest absolute Gasteiger partial charge is 0.354 e. The Bertz CT molecular complexity index is 365. The lowest BCUT2D eigenvalue weighted by Crippen LogP contribution is -2.22. The van der Waals surface area contributed by atoms with Gasteiger partial charge in [0.1, 0.15) is 0 Å². The van der Waals surface area contributed by atoms with Crippen molar-refractivity contribution in [1.29, 1.82) is 0 Å². The van der Waals surface area contributed by atoms with Gasteiger partial charge in [-0.05, 0) is 18.6 Å². The van der Waals surface area contributed by atoms with Crippen molar-refractivity contribution in [1.82, 2.24) is 10.2 Å². The maximum absolute atomic E-state index is 12.2. The fourth-order valence-corrected chi connectivity index (χ4v) is 2.13. The van der Waals surface area contributed by atoms with E-state index in [1.807, 2.05) is 4.90 Å². The normalized spacial score (nSPS) is 21.5. The van der Waals surface area contributed by atoms with Crippen LogP contribution in [0.5, 0.6) is 0 Å². The van der Waals surface area contributed by atoms with E-state index in [1.54, 1.807) is 0 Å². The molecule has 0 aliphatic carbocycles. The molecule has 1 aliphatic heterocycles. The average Bonchev–Trinajstić information content (AvgIpc) is 2.64. The Morgan fingerprint density at radius 1 is 1.31 bits per heavy atom. The van der Waals surface area contributed by atoms with Gasteiger partial charge in [-0.3, -0.25) is 0 Å². The van der Waals surface area contributed by atoms with Crippen LogP contribution >= 0.6 is 15.9 Å². The second kappa shape index (κ2) is 4.20. The standard InChI is InChI=1S/C9H9BrF3N3/c10-6-3-4-16(5-6)8-2-1-7(14-15-8)9(11,12)13/h1-2,6H,3-5H2. The molecular weight excluding hydrogens is 287 g/mol. The van der Waals surface area contributed by atoms with Gasteiger partial charge in [-0.2, -0.15) is 13.2 Å². The van der Waals surface area contributed by atoms with Crippen molar-refractivity contribution in [2.75, 3.05) is 18.0 Å². The van der Waals surface area contributed by atoms with Gasteiger partial charge in [0.15, 0.2) is 11.5 Å². The van der Waals surface area contributed by atoms with Crippen LogP contribution in [-0.4, -0.2) is 28.1 Å². The van der Waals surface area contributed by atoms with Crippen molar-refractivity contribution in [3.8, 4) is 0 Å². The molecule has 1 aromatic heterocycles. The highest BCUT2D eigenvalue weighted by Crippen LogP contribution is 2.28. The summed E-state index contributed by atoms with van der Waals surface area (Å²) in [5, 5.41) is 6.78. The third-order valence-electron chi connectivity index (χ3n) is 2.40. The summed E-state index contributed by atoms with van der Waals surface area (Å²) in [4.78, 5) is 2.28. The third kappa shape index (κ3) is 2.45. The molecule has 0 radical (unpaired) electrons. The van der Waals surface area contributed by atoms with E-state index in [9.17, 15) is 13.2 Å². The molecule has 3 nitrogen and oxygen atoms in total. The van der Waals surface area contributed by atoms with Crippen molar-refractivity contribution in [2.24, 2.45) is 0 Å². The molecule has 16 heavy (non-hydrogen) atoms. The van der Waals surface area contributed by atoms with Crippen molar-refractivity contribution in [2.45, 2.75) is 17.4 Å². The number of anilines is 1. The van der Waals surface area contributed by atoms with Crippen molar-refractivity contribution >= 4 is 21.7 Å². The van der Waals surface area contributed by atoms with E-state index < -0.39 is 11.9 Å². The molecule has 88 valence electrons. The van der Waals surface area contributed by atoms with E-state index in [2.05, 4.69) is 26.1 Å². The highest BCUT2D eigenvalue weighted by atomic mass is 79.9. The molecular formula is C9H9BrF3N3. The molecule has 0 saturated carbocycles. The number of alkyl halides is 4. The summed E-state index contributed by atoms with van der Waals surface area (Å²) in [5.41, 5.74) is -0.953. The zero-order valence-corrected chi connectivity index (χ0v) is 9.79. The second-order valence-electron chi connectivity index (χ2n) is 3.61. The zero-order chi connectivity index (χ0) is 11.8. The monoisotopic (exact) mass is 295 g/mol. The minimum absolute atomic E-state index is 0.372. The lowest BCUT2D eigenvalue weighted by atomic mass is 10.3. The molecule has 0 amide bonds. The Morgan fingerprint density at radius 3 is 2.50 bits per heavy atom. The predicted molar refractivity (Wildman–Crippen MR) is 56.6 cm³/mol. The lowest BCUT2D eigenvalue weighted by molar-refractivity contribution is -0.141. The summed E-state index contributed by atoms with van der Waals surface area (Å²) < 4.78 is 36.7. The van der Waals surface area contributed by atoms with Gasteiger partial charge in [0.2, 0.25) is 0 Å². The summed E-state index contributed by atoms with van der Waals surface area (Å²) in [5.74, 6) is 0.495. The summed E-state index contributed by atoms with van der Waals surface area (Å²) >= 11 is 3.45. The molecule has 1 atom stereocenters. The van der Waals surface area contributed by atoms with Crippen molar-refractivity contribution in [3.05, 3.63) is 17.8 Å². The van der Waals surface area contributed by atoms with Gasteiger partial charge in [0, 0.05) is 17.9 Å². The molecule has 1 aliphatic rings. The summed E-state index contributed by atoms with van der Waals surface area (Å²) in [6.45, 7) is 1.54. The summed E-state index contributed by atoms with van der Waals surface area (Å²) in [7, 11) is 0. The number of rotatable bonds is 1. The Kier molecular flexibility index (Phi) is 3.05. The molecule has 0 spiro atoms. The Labute approximate surface area is 98.8 Å². The molecule has 1 unspecified atom stereocenters. The molecule has 1 fully saturated rings. The van der Waals surface area contributed by atoms with E-state index in [1.165, 1.54) is 6.07 Å². The maximum atomic E-state index is 12.2. The van der Waals surface area contributed by atoms with E-state index in [4.69, 9.17) is 0 Å². The van der Waals surface area contributed by atoms with Gasteiger partial charge in [0.25, 0.3) is 0 Å². The van der Waals surface area contributed by atoms with E-state index >= 15 is 0 Å². The van der Waals surface area contributed by atoms with Gasteiger partial charge >= 0.3 is 6.18 Å². The van der Waals surface area contributed by atoms with Gasteiger partial charge < -0.3 is 4.90 Å². The van der Waals surface area contributed by atoms with Crippen molar-refractivity contribution < 1.29 is 13.2 Å². The fourth-order valence-electron chi connectivity index (χ4n) is 1.57. The SMILES string of the molecule is FC(F)(F)c1ccc(N2CCC(Br)C2)nn1. The van der Waals surface area contributed by atoms with Crippen LogP contribution in [0, 0.1) is 0 Å². The molecule has 2 heterocycles. The Balaban J connectivity index is 2.14. The van der Waals surface area contributed by atoms with Crippen LogP contribution < -0.4 is 4.90 Å². The summed E-state index contributed by atoms with van der Waals surface area (Å²) in [6, 6.07) is 2.32. The number of halogens is 4. The lowest BCUT2D eigenvalue weighted by Gasteiger charge is -2.16. The molecule has 0 N–H and O–H groups in total. The topological polar surface area (TPSA) is 29.0 Å². The molecule has 0 bridgehead atoms. The number of hydrogen-bond donors (Lipinski definition) is 0. The first-order chi connectivity index (χ1) is 7.47. The highest BCUT2D eigenvalue weighted by molar-refractivity contribution is 9.09. The second-order valence-corrected chi connectivity index (χ2v) is 4.90. The van der Waals surface area contributed by atoms with Crippen molar-refractivity contribution in [3.63, 3.8) is 0 Å². The number of nitrogens with zero attached hydrogens (tertiary/aromatic N) is 3. The van der Waals surface area contributed by atoms with Crippen LogP contribution in [0.4, 0.5) is 19.0 Å². The van der Waals surface area contributed by atoms with Gasteiger partial charge in [-0.1, -0.05) is 15.9 Å². The molecule has 7 heteroatoms. The van der Waals surface area contributed by atoms with Crippen LogP contribution in [0.25, 0.3) is 0 Å². The molecule has 1 aromatic rings. The Hall–Kier alpha value is -0.850. The Morgan fingerprint density at radius 2 is 2.06 bits per heavy atom. The number of hydrogen-bond acceptors (Lipinski definition) is 3.